The van der Waals surface area contributed by atoms with Crippen LogP contribution in [0.25, 0.3) is 11.0 Å². The van der Waals surface area contributed by atoms with Gasteiger partial charge in [0.25, 0.3) is 0 Å². The molecule has 0 aliphatic heterocycles. The van der Waals surface area contributed by atoms with Gasteiger partial charge in [0, 0.05) is 31.5 Å². The van der Waals surface area contributed by atoms with Crippen molar-refractivity contribution in [2.75, 3.05) is 0 Å². The Hall–Kier alpha value is -3.87. The van der Waals surface area contributed by atoms with Gasteiger partial charge in [-0.25, -0.2) is 4.98 Å². The van der Waals surface area contributed by atoms with Crippen molar-refractivity contribution >= 4 is 11.0 Å². The summed E-state index contributed by atoms with van der Waals surface area (Å²) in [6.07, 6.45) is 7.17. The number of aryl methyl sites for hydroxylation is 1. The second kappa shape index (κ2) is 11.3. The van der Waals surface area contributed by atoms with Gasteiger partial charge in [-0.1, -0.05) is 48.5 Å². The summed E-state index contributed by atoms with van der Waals surface area (Å²) in [5.74, 6) is 0.997. The molecule has 192 valence electrons. The Morgan fingerprint density at radius 2 is 1.79 bits per heavy atom. The van der Waals surface area contributed by atoms with E-state index in [1.54, 1.807) is 0 Å². The van der Waals surface area contributed by atoms with Crippen molar-refractivity contribution < 1.29 is 0 Å². The Kier molecular flexibility index (Phi) is 7.25. The molecule has 6 heteroatoms. The summed E-state index contributed by atoms with van der Waals surface area (Å²) in [5.41, 5.74) is 8.32. The topological polar surface area (TPSA) is 69.7 Å². The van der Waals surface area contributed by atoms with E-state index in [-0.39, 0.29) is 12.1 Å². The summed E-state index contributed by atoms with van der Waals surface area (Å²) in [7, 11) is 0. The minimum absolute atomic E-state index is 0.189. The van der Waals surface area contributed by atoms with E-state index in [2.05, 4.69) is 87.8 Å². The van der Waals surface area contributed by atoms with E-state index >= 15 is 0 Å². The molecule has 5 aromatic rings. The van der Waals surface area contributed by atoms with Crippen LogP contribution in [-0.4, -0.2) is 24.8 Å². The lowest BCUT2D eigenvalue weighted by Crippen LogP contribution is -2.32. The third kappa shape index (κ3) is 5.52. The number of rotatable bonds is 9. The molecule has 2 unspecified atom stereocenters. The largest absolute Gasteiger partial charge is 0.341 e. The molecule has 0 radical (unpaired) electrons. The predicted molar refractivity (Wildman–Crippen MR) is 151 cm³/mol. The Bertz CT molecular complexity index is 1460. The first kappa shape index (κ1) is 24.5. The zero-order valence-corrected chi connectivity index (χ0v) is 21.8. The number of hydrogen-bond acceptors (Lipinski definition) is 5. The van der Waals surface area contributed by atoms with Crippen molar-refractivity contribution in [3.05, 3.63) is 125 Å². The van der Waals surface area contributed by atoms with Crippen LogP contribution < -0.4 is 5.32 Å². The lowest BCUT2D eigenvalue weighted by molar-refractivity contribution is 0.153. The van der Waals surface area contributed by atoms with Crippen molar-refractivity contribution in [2.45, 2.75) is 57.9 Å². The van der Waals surface area contributed by atoms with E-state index in [0.717, 1.165) is 55.0 Å². The molecule has 0 bridgehead atoms. The summed E-state index contributed by atoms with van der Waals surface area (Å²) in [5, 5.41) is 3.63. The number of pyridine rings is 2. The van der Waals surface area contributed by atoms with E-state index in [1.807, 2.05) is 30.6 Å². The highest BCUT2D eigenvalue weighted by Gasteiger charge is 2.28. The minimum atomic E-state index is 0.189. The number of aromatic nitrogens is 4. The molecule has 2 N–H and O–H groups in total. The van der Waals surface area contributed by atoms with Gasteiger partial charge in [-0.2, -0.15) is 0 Å². The molecule has 0 saturated carbocycles. The lowest BCUT2D eigenvalue weighted by Gasteiger charge is -2.34. The van der Waals surface area contributed by atoms with E-state index < -0.39 is 0 Å². The molecule has 2 atom stereocenters. The number of hydrogen-bond donors (Lipinski definition) is 2. The summed E-state index contributed by atoms with van der Waals surface area (Å²) < 4.78 is 0. The molecule has 3 heterocycles. The van der Waals surface area contributed by atoms with E-state index in [4.69, 9.17) is 9.97 Å². The standard InChI is InChI=1S/C32H34N6/c1-23(27-13-4-5-17-33-27)35-20-24-9-6-10-25(19-24)21-38(22-31-36-28-14-2-3-15-29(28)37-31)30-16-7-11-26-12-8-18-34-32(26)30/h2-6,8-10,12-15,17-19,23,30,35H,7,11,16,20-22H2,1H3,(H,36,37). The normalized spacial score (nSPS) is 16.0. The fraction of sp³-hybridized carbons (Fsp3) is 0.281. The fourth-order valence-corrected chi connectivity index (χ4v) is 5.57. The van der Waals surface area contributed by atoms with Gasteiger partial charge < -0.3 is 10.3 Å². The molecule has 3 aromatic heterocycles. The Morgan fingerprint density at radius 1 is 0.921 bits per heavy atom. The van der Waals surface area contributed by atoms with E-state index in [1.165, 1.54) is 28.8 Å². The first-order valence-corrected chi connectivity index (χ1v) is 13.6. The first-order chi connectivity index (χ1) is 18.7. The van der Waals surface area contributed by atoms with Crippen LogP contribution in [0.15, 0.2) is 91.3 Å². The predicted octanol–water partition coefficient (Wildman–Crippen LogP) is 6.28. The number of nitrogens with one attached hydrogen (secondary N) is 2. The van der Waals surface area contributed by atoms with Gasteiger partial charge in [0.1, 0.15) is 5.82 Å². The van der Waals surface area contributed by atoms with Crippen molar-refractivity contribution in [2.24, 2.45) is 0 Å². The Morgan fingerprint density at radius 3 is 2.68 bits per heavy atom. The maximum Gasteiger partial charge on any atom is 0.121 e. The van der Waals surface area contributed by atoms with Crippen LogP contribution in [0.2, 0.25) is 0 Å². The molecule has 0 amide bonds. The van der Waals surface area contributed by atoms with Crippen LogP contribution in [0.5, 0.6) is 0 Å². The van der Waals surface area contributed by atoms with Crippen LogP contribution in [-0.2, 0) is 26.1 Å². The second-order valence-electron chi connectivity index (χ2n) is 10.2. The Labute approximate surface area is 224 Å². The Balaban J connectivity index is 1.24. The van der Waals surface area contributed by atoms with E-state index in [0.29, 0.717) is 0 Å². The third-order valence-corrected chi connectivity index (χ3v) is 7.52. The maximum absolute atomic E-state index is 4.91. The highest BCUT2D eigenvalue weighted by molar-refractivity contribution is 5.74. The van der Waals surface area contributed by atoms with Crippen molar-refractivity contribution in [3.8, 4) is 0 Å². The van der Waals surface area contributed by atoms with Crippen LogP contribution in [0.3, 0.4) is 0 Å². The zero-order chi connectivity index (χ0) is 25.7. The van der Waals surface area contributed by atoms with Gasteiger partial charge in [-0.05, 0) is 73.2 Å². The molecule has 6 nitrogen and oxygen atoms in total. The number of imidazole rings is 1. The zero-order valence-electron chi connectivity index (χ0n) is 21.8. The number of benzene rings is 2. The monoisotopic (exact) mass is 502 g/mol. The molecule has 0 spiro atoms. The highest BCUT2D eigenvalue weighted by atomic mass is 15.2. The van der Waals surface area contributed by atoms with Gasteiger partial charge in [0.05, 0.1) is 35.0 Å². The van der Waals surface area contributed by atoms with Crippen LogP contribution in [0.1, 0.15) is 65.8 Å². The van der Waals surface area contributed by atoms with Gasteiger partial charge in [-0.15, -0.1) is 0 Å². The van der Waals surface area contributed by atoms with Crippen LogP contribution in [0, 0.1) is 0 Å². The molecule has 6 rings (SSSR count). The van der Waals surface area contributed by atoms with Crippen molar-refractivity contribution in [3.63, 3.8) is 0 Å². The fourth-order valence-electron chi connectivity index (χ4n) is 5.57. The lowest BCUT2D eigenvalue weighted by atomic mass is 9.90. The third-order valence-electron chi connectivity index (χ3n) is 7.52. The average Bonchev–Trinajstić information content (AvgIpc) is 3.38. The number of nitrogens with zero attached hydrogens (tertiary/aromatic N) is 4. The van der Waals surface area contributed by atoms with E-state index in [9.17, 15) is 0 Å². The SMILES string of the molecule is CC(NCc1cccc(CN(Cc2nc3ccccc3[nH]2)C2CCCc3cccnc32)c1)c1ccccn1. The van der Waals surface area contributed by atoms with Crippen LogP contribution >= 0.6 is 0 Å². The molecule has 0 fully saturated rings. The number of H-pyrrole nitrogens is 1. The summed E-state index contributed by atoms with van der Waals surface area (Å²) >= 11 is 0. The second-order valence-corrected chi connectivity index (χ2v) is 10.2. The summed E-state index contributed by atoms with van der Waals surface area (Å²) in [4.78, 5) is 20.3. The number of para-hydroxylation sites is 2. The maximum atomic E-state index is 4.91. The number of aromatic amines is 1. The highest BCUT2D eigenvalue weighted by Crippen LogP contribution is 2.34. The molecule has 2 aromatic carbocycles. The molecular weight excluding hydrogens is 468 g/mol. The van der Waals surface area contributed by atoms with Gasteiger partial charge in [0.2, 0.25) is 0 Å². The molecule has 0 saturated heterocycles. The molecule has 38 heavy (non-hydrogen) atoms. The minimum Gasteiger partial charge on any atom is -0.341 e. The average molecular weight is 503 g/mol. The van der Waals surface area contributed by atoms with Gasteiger partial charge in [-0.3, -0.25) is 14.9 Å². The number of fused-ring (bicyclic) bond motifs is 2. The van der Waals surface area contributed by atoms with Crippen molar-refractivity contribution in [1.82, 2.24) is 30.2 Å². The van der Waals surface area contributed by atoms with Gasteiger partial charge in [0.15, 0.2) is 0 Å². The van der Waals surface area contributed by atoms with Gasteiger partial charge >= 0.3 is 0 Å². The van der Waals surface area contributed by atoms with Crippen molar-refractivity contribution in [1.29, 1.82) is 0 Å². The summed E-state index contributed by atoms with van der Waals surface area (Å²) in [6, 6.07) is 28.0. The first-order valence-electron chi connectivity index (χ1n) is 13.6. The summed E-state index contributed by atoms with van der Waals surface area (Å²) in [6.45, 7) is 4.54. The smallest absolute Gasteiger partial charge is 0.121 e. The molecular formula is C32H34N6. The quantitative estimate of drug-likeness (QED) is 0.248. The molecule has 1 aliphatic rings. The van der Waals surface area contributed by atoms with Crippen LogP contribution in [0.4, 0.5) is 0 Å². The molecule has 1 aliphatic carbocycles.